The van der Waals surface area contributed by atoms with Crippen LogP contribution in [0.3, 0.4) is 0 Å². The number of amides is 2. The number of allylic oxidation sites excluding steroid dienone is 2. The molecule has 1 aromatic heterocycles. The van der Waals surface area contributed by atoms with Crippen LogP contribution in [0.5, 0.6) is 17.2 Å². The number of hydrogen-bond donors (Lipinski definition) is 3. The molecule has 1 aliphatic rings. The molecule has 2 aromatic carbocycles. The van der Waals surface area contributed by atoms with Gasteiger partial charge in [0.25, 0.3) is 0 Å². The van der Waals surface area contributed by atoms with Crippen molar-refractivity contribution < 1.29 is 33.3 Å². The van der Waals surface area contributed by atoms with Gasteiger partial charge in [-0.15, -0.1) is 0 Å². The minimum absolute atomic E-state index is 0.158. The van der Waals surface area contributed by atoms with E-state index in [-0.39, 0.29) is 17.2 Å². The Labute approximate surface area is 212 Å². The number of halogens is 1. The number of nitrogens with one attached hydrogen (secondary N) is 2. The fraction of sp³-hybridized carbons (Fsp3) is 0.148. The Morgan fingerprint density at radius 3 is 2.41 bits per heavy atom. The lowest BCUT2D eigenvalue weighted by Gasteiger charge is -2.15. The van der Waals surface area contributed by atoms with Crippen molar-refractivity contribution in [1.82, 2.24) is 10.3 Å². The number of carboxylic acid groups (broad SMARTS) is 1. The molecule has 0 atom stereocenters. The van der Waals surface area contributed by atoms with Crippen LogP contribution in [0.25, 0.3) is 17.3 Å². The standard InChI is InChI=1S/C27H24FN3O6/c1-15-20(9-16-10-22(35-2)26(23(11-16)36-3)37-14-24(32)33)19-7-6-17(28)12-21(19)25(15)31-27(34)30-18-5-4-8-29-13-18/h4-13H,14H2,1-3H3,(H,32,33)(H2,30,31,34)/b20-9-. The van der Waals surface area contributed by atoms with E-state index in [0.29, 0.717) is 28.1 Å². The molecule has 2 amide bonds. The topological polar surface area (TPSA) is 119 Å². The molecule has 0 fully saturated rings. The number of ether oxygens (including phenoxy) is 3. The van der Waals surface area contributed by atoms with Crippen LogP contribution in [-0.4, -0.2) is 42.9 Å². The van der Waals surface area contributed by atoms with Gasteiger partial charge in [0.1, 0.15) is 5.82 Å². The number of carboxylic acids is 1. The van der Waals surface area contributed by atoms with Gasteiger partial charge in [0.2, 0.25) is 5.75 Å². The molecule has 0 aliphatic heterocycles. The normalized spacial score (nSPS) is 13.2. The monoisotopic (exact) mass is 505 g/mol. The lowest BCUT2D eigenvalue weighted by molar-refractivity contribution is -0.139. The van der Waals surface area contributed by atoms with Gasteiger partial charge in [-0.05, 0) is 71.7 Å². The maximum Gasteiger partial charge on any atom is 0.341 e. The molecule has 1 aliphatic carbocycles. The Morgan fingerprint density at radius 1 is 1.05 bits per heavy atom. The summed E-state index contributed by atoms with van der Waals surface area (Å²) in [7, 11) is 2.86. The van der Waals surface area contributed by atoms with Crippen LogP contribution in [0.15, 0.2) is 60.4 Å². The number of aromatic nitrogens is 1. The minimum Gasteiger partial charge on any atom is -0.493 e. The third-order valence-electron chi connectivity index (χ3n) is 5.61. The molecule has 0 saturated heterocycles. The maximum absolute atomic E-state index is 14.2. The van der Waals surface area contributed by atoms with Crippen LogP contribution in [-0.2, 0) is 4.79 Å². The van der Waals surface area contributed by atoms with E-state index in [0.717, 1.165) is 11.1 Å². The Kier molecular flexibility index (Phi) is 7.38. The van der Waals surface area contributed by atoms with Crippen molar-refractivity contribution in [3.8, 4) is 17.2 Å². The molecule has 190 valence electrons. The zero-order chi connectivity index (χ0) is 26.5. The summed E-state index contributed by atoms with van der Waals surface area (Å²) in [5.74, 6) is -0.868. The summed E-state index contributed by atoms with van der Waals surface area (Å²) in [6.07, 6.45) is 4.95. The first-order chi connectivity index (χ1) is 17.8. The fourth-order valence-corrected chi connectivity index (χ4v) is 3.98. The van der Waals surface area contributed by atoms with Crippen molar-refractivity contribution in [2.24, 2.45) is 0 Å². The van der Waals surface area contributed by atoms with Gasteiger partial charge >= 0.3 is 12.0 Å². The van der Waals surface area contributed by atoms with E-state index in [4.69, 9.17) is 19.3 Å². The number of fused-ring (bicyclic) bond motifs is 1. The Bertz CT molecular complexity index is 1390. The smallest absolute Gasteiger partial charge is 0.341 e. The van der Waals surface area contributed by atoms with Crippen LogP contribution in [0.2, 0.25) is 0 Å². The van der Waals surface area contributed by atoms with Gasteiger partial charge in [0.15, 0.2) is 18.1 Å². The highest BCUT2D eigenvalue weighted by Crippen LogP contribution is 2.43. The van der Waals surface area contributed by atoms with Crippen molar-refractivity contribution in [3.63, 3.8) is 0 Å². The third-order valence-corrected chi connectivity index (χ3v) is 5.61. The summed E-state index contributed by atoms with van der Waals surface area (Å²) in [4.78, 5) is 27.6. The maximum atomic E-state index is 14.2. The summed E-state index contributed by atoms with van der Waals surface area (Å²) in [6.45, 7) is 1.26. The summed E-state index contributed by atoms with van der Waals surface area (Å²) < 4.78 is 30.4. The number of carbonyl (C=O) groups excluding carboxylic acids is 1. The van der Waals surface area contributed by atoms with Gasteiger partial charge in [-0.1, -0.05) is 6.07 Å². The molecule has 0 unspecified atom stereocenters. The molecule has 0 bridgehead atoms. The van der Waals surface area contributed by atoms with Gasteiger partial charge in [-0.3, -0.25) is 4.98 Å². The molecule has 0 spiro atoms. The molecule has 3 aromatic rings. The van der Waals surface area contributed by atoms with Gasteiger partial charge in [-0.25, -0.2) is 14.0 Å². The number of carbonyl (C=O) groups is 2. The second kappa shape index (κ2) is 10.8. The predicted octanol–water partition coefficient (Wildman–Crippen LogP) is 4.81. The first-order valence-corrected chi connectivity index (χ1v) is 11.1. The highest BCUT2D eigenvalue weighted by atomic mass is 19.1. The number of methoxy groups -OCH3 is 2. The molecule has 4 rings (SSSR count). The molecule has 10 heteroatoms. The summed E-state index contributed by atoms with van der Waals surface area (Å²) in [5, 5.41) is 14.5. The minimum atomic E-state index is -1.14. The largest absolute Gasteiger partial charge is 0.493 e. The summed E-state index contributed by atoms with van der Waals surface area (Å²) in [6, 6.07) is 10.6. The number of urea groups is 1. The predicted molar refractivity (Wildman–Crippen MR) is 136 cm³/mol. The molecule has 0 radical (unpaired) electrons. The highest BCUT2D eigenvalue weighted by Gasteiger charge is 2.26. The number of nitrogens with zero attached hydrogens (tertiary/aromatic N) is 1. The van der Waals surface area contributed by atoms with E-state index < -0.39 is 24.4 Å². The second-order valence-corrected chi connectivity index (χ2v) is 8.01. The van der Waals surface area contributed by atoms with E-state index in [1.54, 1.807) is 36.5 Å². The van der Waals surface area contributed by atoms with E-state index >= 15 is 0 Å². The number of rotatable bonds is 8. The van der Waals surface area contributed by atoms with Crippen molar-refractivity contribution in [2.45, 2.75) is 6.92 Å². The lowest BCUT2D eigenvalue weighted by atomic mass is 10.00. The number of pyridine rings is 1. The van der Waals surface area contributed by atoms with Crippen LogP contribution in [0.1, 0.15) is 23.6 Å². The van der Waals surface area contributed by atoms with Gasteiger partial charge < -0.3 is 30.0 Å². The molecule has 1 heterocycles. The summed E-state index contributed by atoms with van der Waals surface area (Å²) in [5.41, 5.74) is 4.34. The Morgan fingerprint density at radius 2 is 1.78 bits per heavy atom. The van der Waals surface area contributed by atoms with Gasteiger partial charge in [0.05, 0.1) is 31.8 Å². The van der Waals surface area contributed by atoms with Crippen molar-refractivity contribution in [3.05, 3.63) is 82.9 Å². The molecule has 0 saturated carbocycles. The number of aliphatic carboxylic acids is 1. The molecule has 9 nitrogen and oxygen atoms in total. The quantitative estimate of drug-likeness (QED) is 0.402. The van der Waals surface area contributed by atoms with Crippen LogP contribution in [0.4, 0.5) is 14.9 Å². The average molecular weight is 506 g/mol. The number of benzene rings is 2. The molecule has 3 N–H and O–H groups in total. The van der Waals surface area contributed by atoms with Crippen molar-refractivity contribution in [2.75, 3.05) is 26.1 Å². The number of anilines is 1. The third kappa shape index (κ3) is 5.53. The van der Waals surface area contributed by atoms with Crippen LogP contribution in [0, 0.1) is 5.82 Å². The van der Waals surface area contributed by atoms with E-state index in [1.165, 1.54) is 32.5 Å². The Hall–Kier alpha value is -4.86. The van der Waals surface area contributed by atoms with E-state index in [9.17, 15) is 14.0 Å². The fourth-order valence-electron chi connectivity index (χ4n) is 3.98. The van der Waals surface area contributed by atoms with E-state index in [2.05, 4.69) is 15.6 Å². The second-order valence-electron chi connectivity index (χ2n) is 8.01. The van der Waals surface area contributed by atoms with Crippen molar-refractivity contribution in [1.29, 1.82) is 0 Å². The first kappa shape index (κ1) is 25.2. The average Bonchev–Trinajstić information content (AvgIpc) is 3.12. The molecule has 37 heavy (non-hydrogen) atoms. The SMILES string of the molecule is COc1cc(/C=C2/C(C)=C(NC(=O)Nc3cccnc3)c3cc(F)ccc32)cc(OC)c1OCC(=O)O. The number of hydrogen-bond acceptors (Lipinski definition) is 6. The Balaban J connectivity index is 1.73. The highest BCUT2D eigenvalue weighted by molar-refractivity contribution is 6.08. The van der Waals surface area contributed by atoms with Gasteiger partial charge in [-0.2, -0.15) is 0 Å². The zero-order valence-electron chi connectivity index (χ0n) is 20.3. The van der Waals surface area contributed by atoms with Gasteiger partial charge in [0, 0.05) is 11.8 Å². The molecular weight excluding hydrogens is 481 g/mol. The zero-order valence-corrected chi connectivity index (χ0v) is 20.3. The van der Waals surface area contributed by atoms with Crippen LogP contribution < -0.4 is 24.8 Å². The van der Waals surface area contributed by atoms with Crippen molar-refractivity contribution >= 4 is 35.0 Å². The summed E-state index contributed by atoms with van der Waals surface area (Å²) >= 11 is 0. The van der Waals surface area contributed by atoms with Crippen LogP contribution >= 0.6 is 0 Å². The first-order valence-electron chi connectivity index (χ1n) is 11.1. The van der Waals surface area contributed by atoms with E-state index in [1.807, 2.05) is 13.0 Å². The lowest BCUT2D eigenvalue weighted by Crippen LogP contribution is -2.27. The molecular formula is C27H24FN3O6.